The lowest BCUT2D eigenvalue weighted by atomic mass is 10.1. The summed E-state index contributed by atoms with van der Waals surface area (Å²) in [7, 11) is 0. The van der Waals surface area contributed by atoms with E-state index in [2.05, 4.69) is 36.0 Å². The number of benzene rings is 1. The van der Waals surface area contributed by atoms with E-state index in [4.69, 9.17) is 0 Å². The van der Waals surface area contributed by atoms with Gasteiger partial charge in [0.05, 0.1) is 0 Å². The number of anilines is 2. The summed E-state index contributed by atoms with van der Waals surface area (Å²) in [6.45, 7) is 4.04. The van der Waals surface area contributed by atoms with Gasteiger partial charge < -0.3 is 9.88 Å². The lowest BCUT2D eigenvalue weighted by Gasteiger charge is -2.11. The summed E-state index contributed by atoms with van der Waals surface area (Å²) in [5, 5.41) is 21.3. The molecule has 2 amide bonds. The maximum absolute atomic E-state index is 12.7. The smallest absolute Gasteiger partial charge is 0.257 e. The van der Waals surface area contributed by atoms with E-state index in [-0.39, 0.29) is 17.9 Å². The third kappa shape index (κ3) is 4.61. The van der Waals surface area contributed by atoms with Crippen molar-refractivity contribution >= 4 is 34.1 Å². The van der Waals surface area contributed by atoms with Crippen LogP contribution in [-0.2, 0) is 0 Å². The van der Waals surface area contributed by atoms with Crippen LogP contribution in [0.3, 0.4) is 0 Å². The van der Waals surface area contributed by atoms with Gasteiger partial charge in [-0.2, -0.15) is 0 Å². The van der Waals surface area contributed by atoms with Crippen molar-refractivity contribution in [2.75, 3.05) is 10.6 Å². The SMILES string of the molecule is CC(C)n1cnnc1-c1cccc(NC(=O)c2cccc(C(=O)Nc3nncs3)c2)n1. The molecule has 1 aromatic carbocycles. The number of hydrogen-bond donors (Lipinski definition) is 2. The van der Waals surface area contributed by atoms with Crippen LogP contribution >= 0.6 is 11.3 Å². The Labute approximate surface area is 181 Å². The van der Waals surface area contributed by atoms with Gasteiger partial charge in [0, 0.05) is 17.2 Å². The van der Waals surface area contributed by atoms with Gasteiger partial charge in [-0.1, -0.05) is 23.5 Å². The summed E-state index contributed by atoms with van der Waals surface area (Å²) in [5.74, 6) is 0.214. The minimum atomic E-state index is -0.388. The molecule has 0 spiro atoms. The lowest BCUT2D eigenvalue weighted by molar-refractivity contribution is 0.102. The fraction of sp³-hybridized carbons (Fsp3) is 0.150. The summed E-state index contributed by atoms with van der Waals surface area (Å²) in [6.07, 6.45) is 1.64. The molecule has 0 fully saturated rings. The summed E-state index contributed by atoms with van der Waals surface area (Å²) >= 11 is 1.21. The predicted molar refractivity (Wildman–Crippen MR) is 116 cm³/mol. The molecule has 0 atom stereocenters. The number of pyridine rings is 1. The van der Waals surface area contributed by atoms with Crippen molar-refractivity contribution in [3.63, 3.8) is 0 Å². The second-order valence-corrected chi connectivity index (χ2v) is 7.63. The molecule has 2 N–H and O–H groups in total. The average Bonchev–Trinajstić information content (AvgIpc) is 3.46. The minimum Gasteiger partial charge on any atom is -0.310 e. The molecule has 0 aliphatic carbocycles. The van der Waals surface area contributed by atoms with Crippen LogP contribution in [0.2, 0.25) is 0 Å². The van der Waals surface area contributed by atoms with Crippen molar-refractivity contribution < 1.29 is 9.59 Å². The highest BCUT2D eigenvalue weighted by atomic mass is 32.1. The maximum atomic E-state index is 12.7. The first-order valence-electron chi connectivity index (χ1n) is 9.37. The Hall–Kier alpha value is -3.99. The average molecular weight is 434 g/mol. The van der Waals surface area contributed by atoms with E-state index in [1.54, 1.807) is 42.7 Å². The van der Waals surface area contributed by atoms with Crippen LogP contribution in [0.5, 0.6) is 0 Å². The van der Waals surface area contributed by atoms with Gasteiger partial charge >= 0.3 is 0 Å². The van der Waals surface area contributed by atoms with Gasteiger partial charge in [0.1, 0.15) is 23.3 Å². The van der Waals surface area contributed by atoms with E-state index >= 15 is 0 Å². The Balaban J connectivity index is 1.51. The van der Waals surface area contributed by atoms with Crippen molar-refractivity contribution in [3.05, 3.63) is 65.4 Å². The van der Waals surface area contributed by atoms with Crippen LogP contribution < -0.4 is 10.6 Å². The topological polar surface area (TPSA) is 128 Å². The normalized spacial score (nSPS) is 10.8. The highest BCUT2D eigenvalue weighted by Crippen LogP contribution is 2.20. The van der Waals surface area contributed by atoms with Gasteiger partial charge in [-0.15, -0.1) is 20.4 Å². The number of aromatic nitrogens is 6. The highest BCUT2D eigenvalue weighted by Gasteiger charge is 2.15. The zero-order valence-corrected chi connectivity index (χ0v) is 17.5. The molecule has 3 heterocycles. The number of rotatable bonds is 6. The first-order valence-corrected chi connectivity index (χ1v) is 10.2. The van der Waals surface area contributed by atoms with Crippen LogP contribution in [-0.4, -0.2) is 41.8 Å². The fourth-order valence-electron chi connectivity index (χ4n) is 2.82. The van der Waals surface area contributed by atoms with Crippen LogP contribution in [0, 0.1) is 0 Å². The molecule has 11 heteroatoms. The van der Waals surface area contributed by atoms with E-state index < -0.39 is 0 Å². The Bertz CT molecular complexity index is 1220. The van der Waals surface area contributed by atoms with Crippen LogP contribution in [0.4, 0.5) is 10.9 Å². The molecular weight excluding hydrogens is 416 g/mol. The molecule has 3 aromatic heterocycles. The summed E-state index contributed by atoms with van der Waals surface area (Å²) in [6, 6.07) is 11.8. The molecule has 31 heavy (non-hydrogen) atoms. The van der Waals surface area contributed by atoms with Crippen molar-refractivity contribution in [1.29, 1.82) is 0 Å². The molecule has 0 aliphatic rings. The molecule has 10 nitrogen and oxygen atoms in total. The molecular formula is C20H18N8O2S. The van der Waals surface area contributed by atoms with Crippen molar-refractivity contribution in [2.45, 2.75) is 19.9 Å². The Morgan fingerprint density at radius 1 is 0.968 bits per heavy atom. The van der Waals surface area contributed by atoms with E-state index in [1.165, 1.54) is 22.9 Å². The Morgan fingerprint density at radius 2 is 1.71 bits per heavy atom. The number of hydrogen-bond acceptors (Lipinski definition) is 8. The Kier molecular flexibility index (Phi) is 5.76. The Morgan fingerprint density at radius 3 is 2.42 bits per heavy atom. The summed E-state index contributed by atoms with van der Waals surface area (Å²) in [5.41, 5.74) is 2.76. The van der Waals surface area contributed by atoms with Crippen molar-refractivity contribution in [3.8, 4) is 11.5 Å². The summed E-state index contributed by atoms with van der Waals surface area (Å²) < 4.78 is 1.90. The predicted octanol–water partition coefficient (Wildman–Crippen LogP) is 3.28. The number of amides is 2. The molecule has 0 saturated carbocycles. The van der Waals surface area contributed by atoms with Crippen molar-refractivity contribution in [1.82, 2.24) is 29.9 Å². The van der Waals surface area contributed by atoms with Crippen LogP contribution in [0.1, 0.15) is 40.6 Å². The third-order valence-corrected chi connectivity index (χ3v) is 4.92. The van der Waals surface area contributed by atoms with Gasteiger partial charge in [-0.3, -0.25) is 14.9 Å². The largest absolute Gasteiger partial charge is 0.310 e. The zero-order valence-electron chi connectivity index (χ0n) is 16.7. The highest BCUT2D eigenvalue weighted by molar-refractivity contribution is 7.13. The molecule has 156 valence electrons. The molecule has 0 bridgehead atoms. The molecule has 4 aromatic rings. The van der Waals surface area contributed by atoms with Gasteiger partial charge in [0.2, 0.25) is 5.13 Å². The molecule has 0 saturated heterocycles. The van der Waals surface area contributed by atoms with Gasteiger partial charge in [-0.05, 0) is 44.2 Å². The fourth-order valence-corrected chi connectivity index (χ4v) is 3.26. The number of carbonyl (C=O) groups is 2. The minimum absolute atomic E-state index is 0.166. The standard InChI is InChI=1S/C20H18N8O2S/c1-12(2)28-10-21-26-17(28)15-7-4-8-16(23-15)24-18(29)13-5-3-6-14(9-13)19(30)25-20-27-22-11-31-20/h3-12H,1-2H3,(H,23,24,29)(H,25,27,30). The van der Waals surface area contributed by atoms with Crippen LogP contribution in [0.25, 0.3) is 11.5 Å². The summed E-state index contributed by atoms with van der Waals surface area (Å²) in [4.78, 5) is 29.6. The lowest BCUT2D eigenvalue weighted by Crippen LogP contribution is -2.16. The second-order valence-electron chi connectivity index (χ2n) is 6.80. The number of nitrogens with zero attached hydrogens (tertiary/aromatic N) is 6. The van der Waals surface area contributed by atoms with Gasteiger partial charge in [0.25, 0.3) is 11.8 Å². The van der Waals surface area contributed by atoms with Crippen molar-refractivity contribution in [2.24, 2.45) is 0 Å². The third-order valence-electron chi connectivity index (χ3n) is 4.32. The van der Waals surface area contributed by atoms with E-state index in [1.807, 2.05) is 18.4 Å². The number of carbonyl (C=O) groups excluding carboxylic acids is 2. The first kappa shape index (κ1) is 20.3. The van der Waals surface area contributed by atoms with Crippen LogP contribution in [0.15, 0.2) is 54.3 Å². The molecule has 0 unspecified atom stereocenters. The molecule has 4 rings (SSSR count). The zero-order chi connectivity index (χ0) is 21.8. The number of nitrogens with one attached hydrogen (secondary N) is 2. The second kappa shape index (κ2) is 8.79. The first-order chi connectivity index (χ1) is 15.0. The van der Waals surface area contributed by atoms with E-state index in [0.717, 1.165) is 0 Å². The van der Waals surface area contributed by atoms with E-state index in [0.29, 0.717) is 33.6 Å². The molecule has 0 aliphatic heterocycles. The van der Waals surface area contributed by atoms with Gasteiger partial charge in [0.15, 0.2) is 5.82 Å². The molecule has 0 radical (unpaired) electrons. The monoisotopic (exact) mass is 434 g/mol. The quantitative estimate of drug-likeness (QED) is 0.477. The van der Waals surface area contributed by atoms with Gasteiger partial charge in [-0.25, -0.2) is 4.98 Å². The van der Waals surface area contributed by atoms with E-state index in [9.17, 15) is 9.59 Å². The maximum Gasteiger partial charge on any atom is 0.257 e.